The first kappa shape index (κ1) is 19.3. The summed E-state index contributed by atoms with van der Waals surface area (Å²) in [6, 6.07) is 16.7. The molecule has 0 spiro atoms. The molecule has 4 heteroatoms. The van der Waals surface area contributed by atoms with Crippen LogP contribution in [0.1, 0.15) is 30.5 Å². The van der Waals surface area contributed by atoms with E-state index in [0.29, 0.717) is 0 Å². The van der Waals surface area contributed by atoms with E-state index in [1.54, 1.807) is 14.2 Å². The van der Waals surface area contributed by atoms with Crippen molar-refractivity contribution in [3.8, 4) is 11.5 Å². The second-order valence-electron chi connectivity index (χ2n) is 6.36. The zero-order valence-corrected chi connectivity index (χ0v) is 15.8. The van der Waals surface area contributed by atoms with Crippen LogP contribution in [-0.4, -0.2) is 39.3 Å². The van der Waals surface area contributed by atoms with Crippen LogP contribution in [0.3, 0.4) is 0 Å². The predicted molar refractivity (Wildman–Crippen MR) is 103 cm³/mol. The van der Waals surface area contributed by atoms with Gasteiger partial charge in [0.15, 0.2) is 0 Å². The maximum atomic E-state index is 5.47. The summed E-state index contributed by atoms with van der Waals surface area (Å²) < 4.78 is 10.8. The second kappa shape index (κ2) is 10.1. The minimum Gasteiger partial charge on any atom is -0.497 e. The largest absolute Gasteiger partial charge is 0.497 e. The molecule has 0 aliphatic rings. The lowest BCUT2D eigenvalue weighted by Gasteiger charge is -2.20. The van der Waals surface area contributed by atoms with Crippen molar-refractivity contribution in [3.63, 3.8) is 0 Å². The van der Waals surface area contributed by atoms with E-state index in [4.69, 9.17) is 9.47 Å². The molecule has 1 unspecified atom stereocenters. The quantitative estimate of drug-likeness (QED) is 0.665. The van der Waals surface area contributed by atoms with Crippen LogP contribution in [0.4, 0.5) is 0 Å². The highest BCUT2D eigenvalue weighted by Gasteiger charge is 2.12. The minimum atomic E-state index is 0.212. The van der Waals surface area contributed by atoms with Crippen LogP contribution in [0.25, 0.3) is 0 Å². The lowest BCUT2D eigenvalue weighted by Crippen LogP contribution is -2.25. The highest BCUT2D eigenvalue weighted by molar-refractivity contribution is 5.42. The molecule has 0 saturated heterocycles. The highest BCUT2D eigenvalue weighted by Crippen LogP contribution is 2.29. The van der Waals surface area contributed by atoms with Gasteiger partial charge in [-0.25, -0.2) is 0 Å². The Balaban J connectivity index is 1.77. The second-order valence-corrected chi connectivity index (χ2v) is 6.36. The molecule has 136 valence electrons. The zero-order valence-electron chi connectivity index (χ0n) is 15.8. The van der Waals surface area contributed by atoms with Gasteiger partial charge >= 0.3 is 0 Å². The van der Waals surface area contributed by atoms with Gasteiger partial charge in [0.25, 0.3) is 0 Å². The first-order valence-electron chi connectivity index (χ1n) is 8.81. The highest BCUT2D eigenvalue weighted by atomic mass is 16.5. The predicted octanol–water partition coefficient (Wildman–Crippen LogP) is 3.88. The Hall–Kier alpha value is -2.04. The standard InChI is InChI=1S/C21H30N2O2/c1-17(20-15-19(24-3)11-12-21(20)25-4)22-13-8-14-23(2)16-18-9-6-5-7-10-18/h5-7,9-12,15,17,22H,8,13-14,16H2,1-4H3. The molecule has 0 saturated carbocycles. The van der Waals surface area contributed by atoms with E-state index in [-0.39, 0.29) is 6.04 Å². The number of rotatable bonds is 10. The molecule has 0 heterocycles. The summed E-state index contributed by atoms with van der Waals surface area (Å²) >= 11 is 0. The van der Waals surface area contributed by atoms with Crippen molar-refractivity contribution >= 4 is 0 Å². The molecule has 2 rings (SSSR count). The maximum absolute atomic E-state index is 5.47. The van der Waals surface area contributed by atoms with Crippen molar-refractivity contribution < 1.29 is 9.47 Å². The number of ether oxygens (including phenoxy) is 2. The molecule has 25 heavy (non-hydrogen) atoms. The molecule has 2 aromatic carbocycles. The van der Waals surface area contributed by atoms with Gasteiger partial charge < -0.3 is 19.7 Å². The Kier molecular flexibility index (Phi) is 7.76. The summed E-state index contributed by atoms with van der Waals surface area (Å²) in [4.78, 5) is 2.35. The smallest absolute Gasteiger partial charge is 0.123 e. The SMILES string of the molecule is COc1ccc(OC)c(C(C)NCCCN(C)Cc2ccccc2)c1. The van der Waals surface area contributed by atoms with Crippen LogP contribution in [0.2, 0.25) is 0 Å². The lowest BCUT2D eigenvalue weighted by molar-refractivity contribution is 0.316. The van der Waals surface area contributed by atoms with Crippen LogP contribution in [0.5, 0.6) is 11.5 Å². The summed E-state index contributed by atoms with van der Waals surface area (Å²) in [6.07, 6.45) is 1.10. The van der Waals surface area contributed by atoms with Crippen molar-refractivity contribution in [1.29, 1.82) is 0 Å². The van der Waals surface area contributed by atoms with Crippen molar-refractivity contribution in [2.24, 2.45) is 0 Å². The Bertz CT molecular complexity index is 631. The topological polar surface area (TPSA) is 33.7 Å². The molecule has 0 fully saturated rings. The number of hydrogen-bond donors (Lipinski definition) is 1. The number of nitrogens with zero attached hydrogens (tertiary/aromatic N) is 1. The minimum absolute atomic E-state index is 0.212. The average Bonchev–Trinajstić information content (AvgIpc) is 2.65. The molecule has 0 bridgehead atoms. The molecular weight excluding hydrogens is 312 g/mol. The van der Waals surface area contributed by atoms with E-state index in [1.807, 2.05) is 18.2 Å². The normalized spacial score (nSPS) is 12.2. The van der Waals surface area contributed by atoms with E-state index >= 15 is 0 Å². The third-order valence-corrected chi connectivity index (χ3v) is 4.37. The molecule has 2 aromatic rings. The molecule has 0 aromatic heterocycles. The maximum Gasteiger partial charge on any atom is 0.123 e. The summed E-state index contributed by atoms with van der Waals surface area (Å²) in [5.41, 5.74) is 2.48. The van der Waals surface area contributed by atoms with Gasteiger partial charge in [-0.2, -0.15) is 0 Å². The van der Waals surface area contributed by atoms with E-state index < -0.39 is 0 Å². The Morgan fingerprint density at radius 2 is 1.80 bits per heavy atom. The van der Waals surface area contributed by atoms with Gasteiger partial charge in [-0.1, -0.05) is 30.3 Å². The monoisotopic (exact) mass is 342 g/mol. The van der Waals surface area contributed by atoms with Gasteiger partial charge in [-0.05, 0) is 57.2 Å². The fourth-order valence-corrected chi connectivity index (χ4v) is 2.93. The van der Waals surface area contributed by atoms with Gasteiger partial charge in [-0.3, -0.25) is 0 Å². The van der Waals surface area contributed by atoms with E-state index in [9.17, 15) is 0 Å². The van der Waals surface area contributed by atoms with Crippen LogP contribution in [0, 0.1) is 0 Å². The number of methoxy groups -OCH3 is 2. The van der Waals surface area contributed by atoms with Crippen LogP contribution < -0.4 is 14.8 Å². The molecule has 1 atom stereocenters. The van der Waals surface area contributed by atoms with Gasteiger partial charge in [0.2, 0.25) is 0 Å². The molecule has 0 aliphatic heterocycles. The number of benzene rings is 2. The fourth-order valence-electron chi connectivity index (χ4n) is 2.93. The first-order chi connectivity index (χ1) is 12.1. The van der Waals surface area contributed by atoms with Crippen LogP contribution >= 0.6 is 0 Å². The van der Waals surface area contributed by atoms with Crippen LogP contribution in [0.15, 0.2) is 48.5 Å². The molecule has 1 N–H and O–H groups in total. The Morgan fingerprint density at radius 1 is 1.04 bits per heavy atom. The van der Waals surface area contributed by atoms with Gasteiger partial charge in [-0.15, -0.1) is 0 Å². The van der Waals surface area contributed by atoms with Crippen molar-refractivity contribution in [3.05, 3.63) is 59.7 Å². The van der Waals surface area contributed by atoms with Gasteiger partial charge in [0, 0.05) is 18.2 Å². The summed E-state index contributed by atoms with van der Waals surface area (Å²) in [5, 5.41) is 3.58. The summed E-state index contributed by atoms with van der Waals surface area (Å²) in [6.45, 7) is 5.16. The average molecular weight is 342 g/mol. The Morgan fingerprint density at radius 3 is 2.48 bits per heavy atom. The number of nitrogens with one attached hydrogen (secondary N) is 1. The van der Waals surface area contributed by atoms with Crippen molar-refractivity contribution in [2.75, 3.05) is 34.4 Å². The van der Waals surface area contributed by atoms with Crippen LogP contribution in [-0.2, 0) is 6.54 Å². The lowest BCUT2D eigenvalue weighted by atomic mass is 10.1. The zero-order chi connectivity index (χ0) is 18.1. The van der Waals surface area contributed by atoms with E-state index in [2.05, 4.69) is 54.5 Å². The fraction of sp³-hybridized carbons (Fsp3) is 0.429. The molecule has 0 amide bonds. The van der Waals surface area contributed by atoms with Gasteiger partial charge in [0.05, 0.1) is 14.2 Å². The summed E-state index contributed by atoms with van der Waals surface area (Å²) in [7, 11) is 5.56. The third kappa shape index (κ3) is 6.07. The third-order valence-electron chi connectivity index (χ3n) is 4.37. The van der Waals surface area contributed by atoms with Crippen molar-refractivity contribution in [1.82, 2.24) is 10.2 Å². The number of hydrogen-bond acceptors (Lipinski definition) is 4. The first-order valence-corrected chi connectivity index (χ1v) is 8.81. The van der Waals surface area contributed by atoms with E-state index in [1.165, 1.54) is 5.56 Å². The van der Waals surface area contributed by atoms with E-state index in [0.717, 1.165) is 43.1 Å². The molecule has 0 aliphatic carbocycles. The molecule has 0 radical (unpaired) electrons. The van der Waals surface area contributed by atoms with Crippen molar-refractivity contribution in [2.45, 2.75) is 25.9 Å². The summed E-state index contributed by atoms with van der Waals surface area (Å²) in [5.74, 6) is 1.74. The van der Waals surface area contributed by atoms with Gasteiger partial charge in [0.1, 0.15) is 11.5 Å². The molecule has 4 nitrogen and oxygen atoms in total. The Labute approximate surface area is 151 Å². The molecular formula is C21H30N2O2.